The van der Waals surface area contributed by atoms with E-state index >= 15 is 0 Å². The lowest BCUT2D eigenvalue weighted by atomic mass is 10.0. The van der Waals surface area contributed by atoms with Gasteiger partial charge in [0.15, 0.2) is 0 Å². The van der Waals surface area contributed by atoms with Crippen molar-refractivity contribution in [2.75, 3.05) is 32.6 Å². The van der Waals surface area contributed by atoms with E-state index in [2.05, 4.69) is 20.5 Å². The van der Waals surface area contributed by atoms with Gasteiger partial charge in [-0.2, -0.15) is 11.8 Å². The Hall–Kier alpha value is -0.840. The molecule has 174 valence electrons. The van der Waals surface area contributed by atoms with Gasteiger partial charge in [-0.25, -0.2) is 9.36 Å². The molecule has 2 rings (SSSR count). The number of carbonyl (C=O) groups is 2. The summed E-state index contributed by atoms with van der Waals surface area (Å²) in [6, 6.07) is 0.375. The SMILES string of the molecule is COP(=O)(O)OCC(CO)CCCCNC(=O)CCCCC1SCC2NC(=O)NC21. The third-order valence-corrected chi connectivity index (χ3v) is 7.85. The molecule has 2 saturated heterocycles. The molecule has 5 unspecified atom stereocenters. The molecule has 0 aromatic heterocycles. The summed E-state index contributed by atoms with van der Waals surface area (Å²) < 4.78 is 20.4. The smallest absolute Gasteiger partial charge is 0.396 e. The first-order valence-corrected chi connectivity index (χ1v) is 13.0. The highest BCUT2D eigenvalue weighted by Gasteiger charge is 2.42. The lowest BCUT2D eigenvalue weighted by molar-refractivity contribution is -0.121. The van der Waals surface area contributed by atoms with E-state index in [-0.39, 0.29) is 43.2 Å². The van der Waals surface area contributed by atoms with Gasteiger partial charge in [-0.3, -0.25) is 13.8 Å². The number of fused-ring (bicyclic) bond motifs is 1. The fourth-order valence-electron chi connectivity index (χ4n) is 3.63. The predicted molar refractivity (Wildman–Crippen MR) is 114 cm³/mol. The van der Waals surface area contributed by atoms with Crippen LogP contribution in [0.1, 0.15) is 44.9 Å². The molecule has 0 aromatic rings. The number of urea groups is 1. The largest absolute Gasteiger partial charge is 0.471 e. The average molecular weight is 468 g/mol. The molecule has 2 heterocycles. The van der Waals surface area contributed by atoms with Gasteiger partial charge >= 0.3 is 13.9 Å². The van der Waals surface area contributed by atoms with E-state index in [0.717, 1.165) is 45.0 Å². The van der Waals surface area contributed by atoms with Crippen molar-refractivity contribution in [3.05, 3.63) is 0 Å². The van der Waals surface area contributed by atoms with Gasteiger partial charge in [0.2, 0.25) is 5.91 Å². The first-order valence-electron chi connectivity index (χ1n) is 10.4. The van der Waals surface area contributed by atoms with Gasteiger partial charge in [-0.15, -0.1) is 0 Å². The molecule has 12 heteroatoms. The number of unbranched alkanes of at least 4 members (excludes halogenated alkanes) is 2. The molecule has 0 bridgehead atoms. The molecule has 2 aliphatic rings. The van der Waals surface area contributed by atoms with Crippen molar-refractivity contribution in [1.29, 1.82) is 0 Å². The number of thioether (sulfide) groups is 1. The highest BCUT2D eigenvalue weighted by atomic mass is 32.2. The number of rotatable bonds is 15. The van der Waals surface area contributed by atoms with Crippen LogP contribution in [-0.2, 0) is 18.4 Å². The van der Waals surface area contributed by atoms with Gasteiger partial charge in [0.1, 0.15) is 0 Å². The van der Waals surface area contributed by atoms with E-state index in [1.165, 1.54) is 0 Å². The zero-order valence-electron chi connectivity index (χ0n) is 17.4. The fraction of sp³-hybridized carbons (Fsp3) is 0.889. The predicted octanol–water partition coefficient (Wildman–Crippen LogP) is 1.37. The van der Waals surface area contributed by atoms with Crippen LogP contribution in [0.4, 0.5) is 4.79 Å². The van der Waals surface area contributed by atoms with E-state index in [1.807, 2.05) is 11.8 Å². The minimum absolute atomic E-state index is 0.0335. The summed E-state index contributed by atoms with van der Waals surface area (Å²) in [6.45, 7) is 0.371. The molecule has 5 N–H and O–H groups in total. The van der Waals surface area contributed by atoms with Gasteiger partial charge < -0.3 is 26.0 Å². The second-order valence-electron chi connectivity index (χ2n) is 7.71. The van der Waals surface area contributed by atoms with E-state index in [4.69, 9.17) is 4.52 Å². The maximum Gasteiger partial charge on any atom is 0.471 e. The van der Waals surface area contributed by atoms with Crippen molar-refractivity contribution in [3.8, 4) is 0 Å². The Labute approximate surface area is 181 Å². The number of hydrogen-bond donors (Lipinski definition) is 5. The fourth-order valence-corrected chi connectivity index (χ4v) is 5.68. The summed E-state index contributed by atoms with van der Waals surface area (Å²) in [7, 11) is -2.93. The normalized spacial score (nSPS) is 25.8. The third-order valence-electron chi connectivity index (χ3n) is 5.40. The standard InChI is InChI=1S/C18H34N3O7PS/c1-27-29(25,26)28-11-13(10-22)6-4-5-9-19-16(23)8-3-2-7-15-17-14(12-30-15)20-18(24)21-17/h13-15,17,22H,2-12H2,1H3,(H,19,23)(H,25,26)(H2,20,21,24). The molecule has 5 atom stereocenters. The molecule has 0 radical (unpaired) electrons. The molecular weight excluding hydrogens is 433 g/mol. The van der Waals surface area contributed by atoms with Crippen LogP contribution >= 0.6 is 19.6 Å². The van der Waals surface area contributed by atoms with Crippen LogP contribution < -0.4 is 16.0 Å². The van der Waals surface area contributed by atoms with E-state index in [0.29, 0.717) is 24.6 Å². The average Bonchev–Trinajstić information content (AvgIpc) is 3.26. The summed E-state index contributed by atoms with van der Waals surface area (Å²) in [4.78, 5) is 32.5. The van der Waals surface area contributed by atoms with E-state index in [1.54, 1.807) is 0 Å². The summed E-state index contributed by atoms with van der Waals surface area (Å²) in [6.07, 6.45) is 5.42. The highest BCUT2D eigenvalue weighted by molar-refractivity contribution is 8.00. The Morgan fingerprint density at radius 1 is 1.33 bits per heavy atom. The van der Waals surface area contributed by atoms with Gasteiger partial charge in [0.05, 0.1) is 18.7 Å². The molecule has 3 amide bonds. The van der Waals surface area contributed by atoms with Crippen LogP contribution in [0.25, 0.3) is 0 Å². The highest BCUT2D eigenvalue weighted by Crippen LogP contribution is 2.42. The van der Waals surface area contributed by atoms with E-state index < -0.39 is 7.82 Å². The van der Waals surface area contributed by atoms with Crippen LogP contribution in [-0.4, -0.2) is 71.9 Å². The maximum atomic E-state index is 11.9. The second-order valence-corrected chi connectivity index (χ2v) is 10.5. The van der Waals surface area contributed by atoms with E-state index in [9.17, 15) is 24.2 Å². The van der Waals surface area contributed by atoms with Crippen LogP contribution in [0.5, 0.6) is 0 Å². The molecular formula is C18H34N3O7PS. The van der Waals surface area contributed by atoms with Crippen molar-refractivity contribution in [2.45, 2.75) is 62.3 Å². The number of aliphatic hydroxyl groups is 1. The number of nitrogens with one attached hydrogen (secondary N) is 3. The number of carbonyl (C=O) groups excluding carboxylic acids is 2. The van der Waals surface area contributed by atoms with Crippen molar-refractivity contribution < 1.29 is 33.2 Å². The van der Waals surface area contributed by atoms with Crippen molar-refractivity contribution in [3.63, 3.8) is 0 Å². The molecule has 30 heavy (non-hydrogen) atoms. The quantitative estimate of drug-likeness (QED) is 0.138. The van der Waals surface area contributed by atoms with Crippen LogP contribution in [0.3, 0.4) is 0 Å². The van der Waals surface area contributed by atoms with Crippen LogP contribution in [0.2, 0.25) is 0 Å². The van der Waals surface area contributed by atoms with Gasteiger partial charge in [-0.05, 0) is 25.7 Å². The minimum atomic E-state index is -4.02. The third kappa shape index (κ3) is 8.72. The van der Waals surface area contributed by atoms with Crippen molar-refractivity contribution >= 4 is 31.5 Å². The number of amides is 3. The summed E-state index contributed by atoms with van der Waals surface area (Å²) in [5.41, 5.74) is 0. The monoisotopic (exact) mass is 467 g/mol. The molecule has 10 nitrogen and oxygen atoms in total. The lowest BCUT2D eigenvalue weighted by Crippen LogP contribution is -2.36. The summed E-state index contributed by atoms with van der Waals surface area (Å²) in [5.74, 6) is 0.735. The Morgan fingerprint density at radius 3 is 2.87 bits per heavy atom. The topological polar surface area (TPSA) is 146 Å². The Morgan fingerprint density at radius 2 is 2.13 bits per heavy atom. The Balaban J connectivity index is 1.46. The zero-order chi connectivity index (χ0) is 22.0. The summed E-state index contributed by atoms with van der Waals surface area (Å²) in [5, 5.41) is 18.5. The molecule has 0 aliphatic carbocycles. The summed E-state index contributed by atoms with van der Waals surface area (Å²) >= 11 is 1.88. The molecule has 2 aliphatic heterocycles. The number of aliphatic hydroxyl groups excluding tert-OH is 1. The number of hydrogen-bond acceptors (Lipinski definition) is 7. The van der Waals surface area contributed by atoms with Gasteiger partial charge in [-0.1, -0.05) is 12.8 Å². The lowest BCUT2D eigenvalue weighted by Gasteiger charge is -2.16. The first-order chi connectivity index (χ1) is 14.3. The van der Waals surface area contributed by atoms with Crippen LogP contribution in [0.15, 0.2) is 0 Å². The maximum absolute atomic E-state index is 11.9. The van der Waals surface area contributed by atoms with Gasteiger partial charge in [0.25, 0.3) is 0 Å². The minimum Gasteiger partial charge on any atom is -0.396 e. The van der Waals surface area contributed by atoms with Gasteiger partial charge in [0, 0.05) is 43.6 Å². The number of phosphoric acid groups is 1. The first kappa shape index (κ1) is 25.4. The zero-order valence-corrected chi connectivity index (χ0v) is 19.1. The molecule has 0 spiro atoms. The Bertz CT molecular complexity index is 612. The van der Waals surface area contributed by atoms with Crippen molar-refractivity contribution in [1.82, 2.24) is 16.0 Å². The molecule has 2 fully saturated rings. The molecule has 0 aromatic carbocycles. The second kappa shape index (κ2) is 12.9. The van der Waals surface area contributed by atoms with Crippen LogP contribution in [0, 0.1) is 5.92 Å². The van der Waals surface area contributed by atoms with Crippen molar-refractivity contribution in [2.24, 2.45) is 5.92 Å². The number of phosphoric ester groups is 1. The molecule has 0 saturated carbocycles. The Kier molecular flexibility index (Phi) is 10.9.